The molecule has 25 heavy (non-hydrogen) atoms. The van der Waals surface area contributed by atoms with Crippen molar-refractivity contribution >= 4 is 42.3 Å². The maximum atomic E-state index is 12.5. The molecule has 1 aliphatic rings. The molecule has 0 fully saturated rings. The fourth-order valence-corrected chi connectivity index (χ4v) is 2.90. The molecule has 2 amide bonds. The number of aryl methyl sites for hydroxylation is 1. The number of halogens is 2. The molecular weight excluding hydrogens is 365 g/mol. The Bertz CT molecular complexity index is 785. The SMILES string of the molecule is Cl.Cl.NC(=O)c1nccnc1C(=O)NC1CCCc2cc(N)ccc21. The molecule has 1 unspecified atom stereocenters. The quantitative estimate of drug-likeness (QED) is 0.697. The summed E-state index contributed by atoms with van der Waals surface area (Å²) in [4.78, 5) is 31.6. The minimum atomic E-state index is -0.778. The number of rotatable bonds is 3. The van der Waals surface area contributed by atoms with Crippen LogP contribution in [-0.2, 0) is 6.42 Å². The van der Waals surface area contributed by atoms with Crippen LogP contribution in [0.25, 0.3) is 0 Å². The van der Waals surface area contributed by atoms with E-state index in [2.05, 4.69) is 15.3 Å². The summed E-state index contributed by atoms with van der Waals surface area (Å²) in [7, 11) is 0. The number of primary amides is 1. The van der Waals surface area contributed by atoms with E-state index in [0.717, 1.165) is 30.4 Å². The van der Waals surface area contributed by atoms with Crippen molar-refractivity contribution in [2.45, 2.75) is 25.3 Å². The number of hydrogen-bond donors (Lipinski definition) is 3. The van der Waals surface area contributed by atoms with Gasteiger partial charge in [0.1, 0.15) is 0 Å². The lowest BCUT2D eigenvalue weighted by Crippen LogP contribution is -2.33. The predicted octanol–water partition coefficient (Wildman–Crippen LogP) is 1.81. The maximum absolute atomic E-state index is 12.5. The number of nitrogens with zero attached hydrogens (tertiary/aromatic N) is 2. The van der Waals surface area contributed by atoms with E-state index >= 15 is 0 Å². The van der Waals surface area contributed by atoms with Gasteiger partial charge in [0.15, 0.2) is 11.4 Å². The van der Waals surface area contributed by atoms with Crippen molar-refractivity contribution in [3.05, 3.63) is 53.1 Å². The highest BCUT2D eigenvalue weighted by molar-refractivity contribution is 6.04. The Balaban J connectivity index is 0.00000156. The van der Waals surface area contributed by atoms with E-state index in [1.165, 1.54) is 12.4 Å². The first-order chi connectivity index (χ1) is 11.1. The second kappa shape index (κ2) is 8.64. The first kappa shape index (κ1) is 20.7. The summed E-state index contributed by atoms with van der Waals surface area (Å²) in [6.45, 7) is 0. The number of amides is 2. The van der Waals surface area contributed by atoms with E-state index < -0.39 is 11.8 Å². The van der Waals surface area contributed by atoms with E-state index in [9.17, 15) is 9.59 Å². The molecule has 7 nitrogen and oxygen atoms in total. The molecule has 1 atom stereocenters. The molecule has 0 radical (unpaired) electrons. The summed E-state index contributed by atoms with van der Waals surface area (Å²) in [5.74, 6) is -1.23. The maximum Gasteiger partial charge on any atom is 0.272 e. The number of carbonyl (C=O) groups is 2. The zero-order valence-corrected chi connectivity index (χ0v) is 14.9. The van der Waals surface area contributed by atoms with Crippen molar-refractivity contribution in [3.8, 4) is 0 Å². The Morgan fingerprint density at radius 1 is 1.12 bits per heavy atom. The average molecular weight is 384 g/mol. The van der Waals surface area contributed by atoms with Crippen LogP contribution >= 0.6 is 24.8 Å². The molecule has 134 valence electrons. The number of hydrogen-bond acceptors (Lipinski definition) is 5. The van der Waals surface area contributed by atoms with Gasteiger partial charge in [0, 0.05) is 18.1 Å². The van der Waals surface area contributed by atoms with Crippen LogP contribution in [0.5, 0.6) is 0 Å². The Morgan fingerprint density at radius 3 is 2.48 bits per heavy atom. The zero-order valence-electron chi connectivity index (χ0n) is 13.3. The molecule has 1 aromatic carbocycles. The number of nitrogens with one attached hydrogen (secondary N) is 1. The molecular formula is C16H19Cl2N5O2. The van der Waals surface area contributed by atoms with Gasteiger partial charge in [-0.25, -0.2) is 9.97 Å². The lowest BCUT2D eigenvalue weighted by atomic mass is 9.87. The van der Waals surface area contributed by atoms with Gasteiger partial charge in [-0.15, -0.1) is 24.8 Å². The second-order valence-electron chi connectivity index (χ2n) is 5.49. The number of carbonyl (C=O) groups excluding carboxylic acids is 2. The van der Waals surface area contributed by atoms with Crippen molar-refractivity contribution in [1.29, 1.82) is 0 Å². The van der Waals surface area contributed by atoms with E-state index in [1.807, 2.05) is 18.2 Å². The summed E-state index contributed by atoms with van der Waals surface area (Å²) in [5, 5.41) is 2.92. The Hall–Kier alpha value is -2.38. The van der Waals surface area contributed by atoms with Gasteiger partial charge in [-0.3, -0.25) is 9.59 Å². The van der Waals surface area contributed by atoms with Gasteiger partial charge >= 0.3 is 0 Å². The Morgan fingerprint density at radius 2 is 1.80 bits per heavy atom. The van der Waals surface area contributed by atoms with Crippen LogP contribution in [-0.4, -0.2) is 21.8 Å². The average Bonchev–Trinajstić information content (AvgIpc) is 2.54. The number of nitrogen functional groups attached to an aromatic ring is 1. The molecule has 5 N–H and O–H groups in total. The molecule has 0 saturated heterocycles. The smallest absolute Gasteiger partial charge is 0.272 e. The van der Waals surface area contributed by atoms with E-state index in [4.69, 9.17) is 11.5 Å². The van der Waals surface area contributed by atoms with Crippen LogP contribution in [0.2, 0.25) is 0 Å². The number of aromatic nitrogens is 2. The fourth-order valence-electron chi connectivity index (χ4n) is 2.90. The van der Waals surface area contributed by atoms with Gasteiger partial charge in [0.2, 0.25) is 0 Å². The van der Waals surface area contributed by atoms with E-state index in [1.54, 1.807) is 0 Å². The minimum absolute atomic E-state index is 0. The lowest BCUT2D eigenvalue weighted by Gasteiger charge is -2.26. The first-order valence-electron chi connectivity index (χ1n) is 7.36. The van der Waals surface area contributed by atoms with Crippen LogP contribution in [0.1, 0.15) is 51.0 Å². The van der Waals surface area contributed by atoms with E-state index in [0.29, 0.717) is 5.69 Å². The van der Waals surface area contributed by atoms with Crippen LogP contribution < -0.4 is 16.8 Å². The number of anilines is 1. The fraction of sp³-hybridized carbons (Fsp3) is 0.250. The molecule has 0 spiro atoms. The van der Waals surface area contributed by atoms with Crippen molar-refractivity contribution in [2.24, 2.45) is 5.73 Å². The molecule has 2 aromatic rings. The third kappa shape index (κ3) is 4.37. The molecule has 0 bridgehead atoms. The number of nitrogens with two attached hydrogens (primary N) is 2. The molecule has 9 heteroatoms. The largest absolute Gasteiger partial charge is 0.399 e. The van der Waals surface area contributed by atoms with Crippen molar-refractivity contribution in [1.82, 2.24) is 15.3 Å². The normalized spacial score (nSPS) is 15.1. The van der Waals surface area contributed by atoms with E-state index in [-0.39, 0.29) is 42.2 Å². The summed E-state index contributed by atoms with van der Waals surface area (Å²) >= 11 is 0. The van der Waals surface area contributed by atoms with Crippen LogP contribution in [0.3, 0.4) is 0 Å². The predicted molar refractivity (Wildman–Crippen MR) is 99.0 cm³/mol. The van der Waals surface area contributed by atoms with Crippen molar-refractivity contribution in [2.75, 3.05) is 5.73 Å². The molecule has 0 saturated carbocycles. The van der Waals surface area contributed by atoms with Crippen LogP contribution in [0.15, 0.2) is 30.6 Å². The molecule has 1 aliphatic carbocycles. The van der Waals surface area contributed by atoms with Gasteiger partial charge in [0.05, 0.1) is 6.04 Å². The Kier molecular flexibility index (Phi) is 7.14. The molecule has 1 aromatic heterocycles. The van der Waals surface area contributed by atoms with Gasteiger partial charge in [0.25, 0.3) is 11.8 Å². The summed E-state index contributed by atoms with van der Waals surface area (Å²) in [6, 6.07) is 5.54. The highest BCUT2D eigenvalue weighted by Gasteiger charge is 2.25. The highest BCUT2D eigenvalue weighted by atomic mass is 35.5. The first-order valence-corrected chi connectivity index (χ1v) is 7.36. The molecule has 3 rings (SSSR count). The second-order valence-corrected chi connectivity index (χ2v) is 5.49. The number of fused-ring (bicyclic) bond motifs is 1. The Labute approximate surface area is 157 Å². The van der Waals surface area contributed by atoms with Gasteiger partial charge in [-0.1, -0.05) is 6.07 Å². The van der Waals surface area contributed by atoms with Gasteiger partial charge in [-0.2, -0.15) is 0 Å². The minimum Gasteiger partial charge on any atom is -0.399 e. The third-order valence-electron chi connectivity index (χ3n) is 3.93. The van der Waals surface area contributed by atoms with Crippen molar-refractivity contribution in [3.63, 3.8) is 0 Å². The van der Waals surface area contributed by atoms with Crippen LogP contribution in [0, 0.1) is 0 Å². The third-order valence-corrected chi connectivity index (χ3v) is 3.93. The molecule has 1 heterocycles. The summed E-state index contributed by atoms with van der Waals surface area (Å²) in [6.07, 6.45) is 5.39. The highest BCUT2D eigenvalue weighted by Crippen LogP contribution is 2.31. The topological polar surface area (TPSA) is 124 Å². The summed E-state index contributed by atoms with van der Waals surface area (Å²) < 4.78 is 0. The van der Waals surface area contributed by atoms with Gasteiger partial charge < -0.3 is 16.8 Å². The van der Waals surface area contributed by atoms with Crippen LogP contribution in [0.4, 0.5) is 5.69 Å². The lowest BCUT2D eigenvalue weighted by molar-refractivity contribution is 0.0911. The number of benzene rings is 1. The van der Waals surface area contributed by atoms with Gasteiger partial charge in [-0.05, 0) is 42.5 Å². The monoisotopic (exact) mass is 383 g/mol. The zero-order chi connectivity index (χ0) is 16.4. The van der Waals surface area contributed by atoms with Crippen molar-refractivity contribution < 1.29 is 9.59 Å². The summed E-state index contributed by atoms with van der Waals surface area (Å²) in [5.41, 5.74) is 13.8. The standard InChI is InChI=1S/C16H17N5O2.2ClH/c17-10-4-5-11-9(8-10)2-1-3-12(11)21-16(23)14-13(15(18)22)19-6-7-20-14;;/h4-8,12H,1-3,17H2,(H2,18,22)(H,21,23);2*1H. The molecule has 0 aliphatic heterocycles.